The number of amides is 2. The number of piperidine rings is 1. The number of aromatic nitrogens is 3. The maximum absolute atomic E-state index is 12.2. The van der Waals surface area contributed by atoms with Gasteiger partial charge in [0.1, 0.15) is 11.6 Å². The molecule has 0 aromatic carbocycles. The van der Waals surface area contributed by atoms with E-state index in [1.165, 1.54) is 0 Å². The van der Waals surface area contributed by atoms with E-state index in [2.05, 4.69) is 15.4 Å². The Balaban J connectivity index is 1.79. The summed E-state index contributed by atoms with van der Waals surface area (Å²) >= 11 is 0. The fourth-order valence-corrected chi connectivity index (χ4v) is 2.64. The van der Waals surface area contributed by atoms with Gasteiger partial charge < -0.3 is 10.2 Å². The van der Waals surface area contributed by atoms with Crippen molar-refractivity contribution in [2.75, 3.05) is 19.6 Å². The van der Waals surface area contributed by atoms with E-state index < -0.39 is 0 Å². The molecule has 0 unspecified atom stereocenters. The molecule has 1 N–H and O–H groups in total. The molecule has 1 aliphatic rings. The van der Waals surface area contributed by atoms with E-state index in [9.17, 15) is 9.59 Å². The fraction of sp³-hybridized carbons (Fsp3) is 0.714. The van der Waals surface area contributed by atoms with Crippen LogP contribution >= 0.6 is 0 Å². The van der Waals surface area contributed by atoms with Crippen molar-refractivity contribution in [3.8, 4) is 0 Å². The number of rotatable bonds is 5. The average Bonchev–Trinajstić information content (AvgIpc) is 2.77. The molecule has 1 fully saturated rings. The van der Waals surface area contributed by atoms with Crippen LogP contribution in [0.2, 0.25) is 0 Å². The van der Waals surface area contributed by atoms with Crippen LogP contribution in [0.4, 0.5) is 0 Å². The summed E-state index contributed by atoms with van der Waals surface area (Å²) in [4.78, 5) is 29.7. The molecule has 21 heavy (non-hydrogen) atoms. The summed E-state index contributed by atoms with van der Waals surface area (Å²) < 4.78 is 1.79. The zero-order valence-corrected chi connectivity index (χ0v) is 12.9. The molecule has 2 heterocycles. The lowest BCUT2D eigenvalue weighted by Gasteiger charge is -2.31. The van der Waals surface area contributed by atoms with Crippen molar-refractivity contribution in [3.63, 3.8) is 0 Å². The van der Waals surface area contributed by atoms with Crippen molar-refractivity contribution in [1.29, 1.82) is 0 Å². The van der Waals surface area contributed by atoms with Crippen LogP contribution in [0.25, 0.3) is 0 Å². The number of nitrogens with zero attached hydrogens (tertiary/aromatic N) is 4. The molecule has 0 aliphatic carbocycles. The van der Waals surface area contributed by atoms with Crippen molar-refractivity contribution in [2.45, 2.75) is 40.2 Å². The van der Waals surface area contributed by atoms with Crippen molar-refractivity contribution < 1.29 is 9.59 Å². The summed E-state index contributed by atoms with van der Waals surface area (Å²) in [5.41, 5.74) is 0. The third-order valence-corrected chi connectivity index (χ3v) is 3.84. The molecule has 1 aliphatic heterocycles. The first kappa shape index (κ1) is 15.5. The molecule has 1 aromatic heterocycles. The Morgan fingerprint density at radius 2 is 2.19 bits per heavy atom. The minimum absolute atomic E-state index is 0.0236. The molecule has 7 nitrogen and oxygen atoms in total. The summed E-state index contributed by atoms with van der Waals surface area (Å²) in [6.45, 7) is 8.02. The van der Waals surface area contributed by atoms with Crippen LogP contribution in [-0.2, 0) is 16.1 Å². The maximum atomic E-state index is 12.2. The highest BCUT2D eigenvalue weighted by Crippen LogP contribution is 2.17. The lowest BCUT2D eigenvalue weighted by Crippen LogP contribution is -2.46. The van der Waals surface area contributed by atoms with Gasteiger partial charge in [0.2, 0.25) is 11.8 Å². The second-order valence-electron chi connectivity index (χ2n) is 5.39. The third-order valence-electron chi connectivity index (χ3n) is 3.84. The van der Waals surface area contributed by atoms with Gasteiger partial charge in [-0.1, -0.05) is 0 Å². The molecule has 1 aromatic rings. The Kier molecular flexibility index (Phi) is 4.93. The quantitative estimate of drug-likeness (QED) is 0.845. The van der Waals surface area contributed by atoms with Gasteiger partial charge in [0, 0.05) is 26.1 Å². The largest absolute Gasteiger partial charge is 0.354 e. The summed E-state index contributed by atoms with van der Waals surface area (Å²) in [6, 6.07) is 0. The molecule has 2 amide bonds. The Hall–Kier alpha value is -1.92. The van der Waals surface area contributed by atoms with Crippen LogP contribution < -0.4 is 5.32 Å². The van der Waals surface area contributed by atoms with E-state index in [4.69, 9.17) is 0 Å². The van der Waals surface area contributed by atoms with E-state index in [0.717, 1.165) is 11.6 Å². The summed E-state index contributed by atoms with van der Waals surface area (Å²) in [7, 11) is 0. The molecule has 0 spiro atoms. The molecule has 1 atom stereocenters. The van der Waals surface area contributed by atoms with Crippen molar-refractivity contribution in [1.82, 2.24) is 25.0 Å². The van der Waals surface area contributed by atoms with E-state index in [1.54, 1.807) is 9.58 Å². The van der Waals surface area contributed by atoms with Crippen LogP contribution in [0.5, 0.6) is 0 Å². The Morgan fingerprint density at radius 3 is 2.81 bits per heavy atom. The normalized spacial score (nSPS) is 18.9. The zero-order chi connectivity index (χ0) is 15.4. The molecule has 1 saturated heterocycles. The van der Waals surface area contributed by atoms with E-state index >= 15 is 0 Å². The first-order valence-corrected chi connectivity index (χ1v) is 7.44. The number of carbonyl (C=O) groups is 2. The Bertz CT molecular complexity index is 525. The van der Waals surface area contributed by atoms with Crippen molar-refractivity contribution in [3.05, 3.63) is 11.6 Å². The predicted molar refractivity (Wildman–Crippen MR) is 77.5 cm³/mol. The SMILES string of the molecule is CCN1C[C@H](C(=O)NCCn2nc(C)nc2C)CCC1=O. The highest BCUT2D eigenvalue weighted by Gasteiger charge is 2.28. The number of hydrogen-bond acceptors (Lipinski definition) is 4. The zero-order valence-electron chi connectivity index (χ0n) is 12.9. The van der Waals surface area contributed by atoms with Crippen LogP contribution in [0.15, 0.2) is 0 Å². The third kappa shape index (κ3) is 3.80. The average molecular weight is 293 g/mol. The molecule has 7 heteroatoms. The van der Waals surface area contributed by atoms with Crippen LogP contribution in [0.1, 0.15) is 31.4 Å². The van der Waals surface area contributed by atoms with Gasteiger partial charge in [-0.05, 0) is 27.2 Å². The molecule has 0 bridgehead atoms. The van der Waals surface area contributed by atoms with E-state index in [-0.39, 0.29) is 17.7 Å². The number of aryl methyl sites for hydroxylation is 2. The smallest absolute Gasteiger partial charge is 0.224 e. The Morgan fingerprint density at radius 1 is 1.43 bits per heavy atom. The number of nitrogens with one attached hydrogen (secondary N) is 1. The van der Waals surface area contributed by atoms with Crippen LogP contribution in [0.3, 0.4) is 0 Å². The van der Waals surface area contributed by atoms with Gasteiger partial charge in [0.25, 0.3) is 0 Å². The number of carbonyl (C=O) groups excluding carboxylic acids is 2. The lowest BCUT2D eigenvalue weighted by atomic mass is 9.96. The van der Waals surface area contributed by atoms with Gasteiger partial charge in [-0.2, -0.15) is 5.10 Å². The minimum atomic E-state index is -0.0961. The second-order valence-corrected chi connectivity index (χ2v) is 5.39. The monoisotopic (exact) mass is 293 g/mol. The molecule has 116 valence electrons. The predicted octanol–water partition coefficient (Wildman–Crippen LogP) is 0.270. The summed E-state index contributed by atoms with van der Waals surface area (Å²) in [5, 5.41) is 7.19. The number of likely N-dealkylation sites (tertiary alicyclic amines) is 1. The molecule has 0 radical (unpaired) electrons. The highest BCUT2D eigenvalue weighted by atomic mass is 16.2. The van der Waals surface area contributed by atoms with E-state index in [1.807, 2.05) is 20.8 Å². The van der Waals surface area contributed by atoms with Gasteiger partial charge >= 0.3 is 0 Å². The molecule has 2 rings (SSSR count). The maximum Gasteiger partial charge on any atom is 0.224 e. The molecular weight excluding hydrogens is 270 g/mol. The van der Waals surface area contributed by atoms with Crippen molar-refractivity contribution >= 4 is 11.8 Å². The van der Waals surface area contributed by atoms with Gasteiger partial charge in [0.15, 0.2) is 0 Å². The van der Waals surface area contributed by atoms with Crippen LogP contribution in [0, 0.1) is 19.8 Å². The standard InChI is InChI=1S/C14H23N5O2/c1-4-18-9-12(5-6-13(18)20)14(21)15-7-8-19-11(3)16-10(2)17-19/h12H,4-9H2,1-3H3,(H,15,21)/t12-/m1/s1. The van der Waals surface area contributed by atoms with Gasteiger partial charge in [-0.25, -0.2) is 9.67 Å². The number of hydrogen-bond donors (Lipinski definition) is 1. The van der Waals surface area contributed by atoms with Gasteiger partial charge in [-0.15, -0.1) is 0 Å². The lowest BCUT2D eigenvalue weighted by molar-refractivity contribution is -0.138. The molecular formula is C14H23N5O2. The van der Waals surface area contributed by atoms with Gasteiger partial charge in [0.05, 0.1) is 12.5 Å². The fourth-order valence-electron chi connectivity index (χ4n) is 2.64. The van der Waals surface area contributed by atoms with Crippen LogP contribution in [-0.4, -0.2) is 51.1 Å². The first-order valence-electron chi connectivity index (χ1n) is 7.44. The summed E-state index contributed by atoms with van der Waals surface area (Å²) in [6.07, 6.45) is 1.11. The molecule has 0 saturated carbocycles. The van der Waals surface area contributed by atoms with Crippen molar-refractivity contribution in [2.24, 2.45) is 5.92 Å². The second kappa shape index (κ2) is 6.69. The van der Waals surface area contributed by atoms with Gasteiger partial charge in [-0.3, -0.25) is 9.59 Å². The summed E-state index contributed by atoms with van der Waals surface area (Å²) in [5.74, 6) is 1.66. The highest BCUT2D eigenvalue weighted by molar-refractivity contribution is 5.83. The first-order chi connectivity index (χ1) is 10.0. The topological polar surface area (TPSA) is 80.1 Å². The minimum Gasteiger partial charge on any atom is -0.354 e. The van der Waals surface area contributed by atoms with E-state index in [0.29, 0.717) is 39.0 Å². The Labute approximate surface area is 124 Å².